The van der Waals surface area contributed by atoms with Crippen LogP contribution in [0.15, 0.2) is 0 Å². The Morgan fingerprint density at radius 1 is 1.33 bits per heavy atom. The molecule has 0 spiro atoms. The molecule has 2 saturated heterocycles. The number of carbonyl (C=O) groups is 1. The highest BCUT2D eigenvalue weighted by Crippen LogP contribution is 2.29. The van der Waals surface area contributed by atoms with E-state index in [1.807, 2.05) is 0 Å². The molecular weight excluding hydrogens is 288 g/mol. The standard InChI is InChI=1S/C16H30N2O2.ClH/c1-16(2)9-5-10-17-14(16)12-18-15(19)8-7-13-6-3-4-11-20-13;/h13-14,17H,3-12H2,1-2H3,(H,18,19);1H. The first-order valence-corrected chi connectivity index (χ1v) is 8.19. The van der Waals surface area contributed by atoms with Gasteiger partial charge in [-0.2, -0.15) is 0 Å². The first kappa shape index (κ1) is 18.7. The molecule has 1 amide bonds. The molecule has 2 N–H and O–H groups in total. The monoisotopic (exact) mass is 318 g/mol. The molecule has 0 aliphatic carbocycles. The van der Waals surface area contributed by atoms with Crippen molar-refractivity contribution in [3.05, 3.63) is 0 Å². The van der Waals surface area contributed by atoms with Crippen LogP contribution < -0.4 is 10.6 Å². The number of ether oxygens (including phenoxy) is 1. The second-order valence-electron chi connectivity index (χ2n) is 6.93. The molecule has 0 aromatic rings. The molecule has 2 rings (SSSR count). The summed E-state index contributed by atoms with van der Waals surface area (Å²) in [6.45, 7) is 7.25. The summed E-state index contributed by atoms with van der Waals surface area (Å²) >= 11 is 0. The van der Waals surface area contributed by atoms with Gasteiger partial charge in [0.05, 0.1) is 6.10 Å². The number of amides is 1. The summed E-state index contributed by atoms with van der Waals surface area (Å²) in [6.07, 6.45) is 7.76. The molecule has 2 aliphatic rings. The van der Waals surface area contributed by atoms with Crippen LogP contribution in [0.1, 0.15) is 58.8 Å². The van der Waals surface area contributed by atoms with Crippen LogP contribution in [0, 0.1) is 5.41 Å². The van der Waals surface area contributed by atoms with Crippen LogP contribution in [0.4, 0.5) is 0 Å². The summed E-state index contributed by atoms with van der Waals surface area (Å²) in [6, 6.07) is 0.395. The molecule has 0 saturated carbocycles. The fourth-order valence-electron chi connectivity index (χ4n) is 3.25. The minimum Gasteiger partial charge on any atom is -0.378 e. The first-order chi connectivity index (χ1) is 9.58. The number of carbonyl (C=O) groups excluding carboxylic acids is 1. The molecule has 2 heterocycles. The van der Waals surface area contributed by atoms with Gasteiger partial charge in [-0.3, -0.25) is 4.79 Å². The minimum atomic E-state index is 0. The zero-order valence-electron chi connectivity index (χ0n) is 13.5. The molecule has 4 nitrogen and oxygen atoms in total. The normalized spacial score (nSPS) is 28.5. The van der Waals surface area contributed by atoms with E-state index in [0.717, 1.165) is 32.5 Å². The summed E-state index contributed by atoms with van der Waals surface area (Å²) in [4.78, 5) is 11.9. The Kier molecular flexibility index (Phi) is 7.99. The van der Waals surface area contributed by atoms with Crippen LogP contribution in [0.3, 0.4) is 0 Å². The molecule has 2 aliphatic heterocycles. The third kappa shape index (κ3) is 6.13. The van der Waals surface area contributed by atoms with Gasteiger partial charge in [0, 0.05) is 25.6 Å². The smallest absolute Gasteiger partial charge is 0.220 e. The van der Waals surface area contributed by atoms with E-state index >= 15 is 0 Å². The van der Waals surface area contributed by atoms with Gasteiger partial charge >= 0.3 is 0 Å². The van der Waals surface area contributed by atoms with Crippen molar-refractivity contribution in [2.24, 2.45) is 5.41 Å². The fraction of sp³-hybridized carbons (Fsp3) is 0.938. The number of rotatable bonds is 5. The molecule has 21 heavy (non-hydrogen) atoms. The van der Waals surface area contributed by atoms with Gasteiger partial charge in [-0.1, -0.05) is 13.8 Å². The van der Waals surface area contributed by atoms with Gasteiger partial charge < -0.3 is 15.4 Å². The Bertz CT molecular complexity index is 317. The third-order valence-electron chi connectivity index (χ3n) is 4.80. The topological polar surface area (TPSA) is 50.4 Å². The molecule has 0 aromatic heterocycles. The van der Waals surface area contributed by atoms with Gasteiger partial charge in [0.25, 0.3) is 0 Å². The van der Waals surface area contributed by atoms with Crippen molar-refractivity contribution in [2.45, 2.75) is 70.9 Å². The maximum absolute atomic E-state index is 11.9. The number of piperidine rings is 1. The van der Waals surface area contributed by atoms with Crippen LogP contribution in [0.5, 0.6) is 0 Å². The van der Waals surface area contributed by atoms with Crippen molar-refractivity contribution < 1.29 is 9.53 Å². The fourth-order valence-corrected chi connectivity index (χ4v) is 3.25. The lowest BCUT2D eigenvalue weighted by Crippen LogP contribution is -2.52. The Morgan fingerprint density at radius 2 is 2.14 bits per heavy atom. The van der Waals surface area contributed by atoms with Crippen LogP contribution in [0.25, 0.3) is 0 Å². The van der Waals surface area contributed by atoms with Crippen molar-refractivity contribution >= 4 is 18.3 Å². The van der Waals surface area contributed by atoms with E-state index in [1.165, 1.54) is 25.7 Å². The van der Waals surface area contributed by atoms with Gasteiger partial charge in [0.15, 0.2) is 0 Å². The summed E-state index contributed by atoms with van der Waals surface area (Å²) in [7, 11) is 0. The van der Waals surface area contributed by atoms with Crippen molar-refractivity contribution in [3.8, 4) is 0 Å². The van der Waals surface area contributed by atoms with Crippen molar-refractivity contribution in [1.82, 2.24) is 10.6 Å². The SMILES string of the molecule is CC1(C)CCCNC1CNC(=O)CCC1CCCCO1.Cl. The minimum absolute atomic E-state index is 0. The van der Waals surface area contributed by atoms with Crippen LogP contribution in [-0.2, 0) is 9.53 Å². The van der Waals surface area contributed by atoms with E-state index in [-0.39, 0.29) is 23.7 Å². The van der Waals surface area contributed by atoms with Gasteiger partial charge in [-0.15, -0.1) is 12.4 Å². The lowest BCUT2D eigenvalue weighted by Gasteiger charge is -2.39. The summed E-state index contributed by atoms with van der Waals surface area (Å²) in [5, 5.41) is 6.62. The highest BCUT2D eigenvalue weighted by Gasteiger charge is 2.31. The summed E-state index contributed by atoms with van der Waals surface area (Å²) in [5.41, 5.74) is 0.276. The molecule has 2 unspecified atom stereocenters. The average Bonchev–Trinajstić information content (AvgIpc) is 2.44. The largest absolute Gasteiger partial charge is 0.378 e. The Labute approximate surface area is 135 Å². The lowest BCUT2D eigenvalue weighted by atomic mass is 9.77. The number of halogens is 1. The Balaban J connectivity index is 0.00000220. The highest BCUT2D eigenvalue weighted by molar-refractivity contribution is 5.85. The van der Waals surface area contributed by atoms with Crippen molar-refractivity contribution in [2.75, 3.05) is 19.7 Å². The molecule has 2 atom stereocenters. The van der Waals surface area contributed by atoms with E-state index in [9.17, 15) is 4.79 Å². The van der Waals surface area contributed by atoms with Crippen LogP contribution in [-0.4, -0.2) is 37.7 Å². The molecule has 5 heteroatoms. The van der Waals surface area contributed by atoms with Gasteiger partial charge in [-0.25, -0.2) is 0 Å². The second kappa shape index (κ2) is 8.96. The van der Waals surface area contributed by atoms with Gasteiger partial charge in [0.1, 0.15) is 0 Å². The van der Waals surface area contributed by atoms with Gasteiger partial charge in [-0.05, 0) is 50.5 Å². The maximum Gasteiger partial charge on any atom is 0.220 e. The Morgan fingerprint density at radius 3 is 2.81 bits per heavy atom. The van der Waals surface area contributed by atoms with E-state index in [1.54, 1.807) is 0 Å². The number of nitrogens with one attached hydrogen (secondary N) is 2. The zero-order chi connectivity index (χ0) is 14.4. The van der Waals surface area contributed by atoms with E-state index in [4.69, 9.17) is 4.74 Å². The Hall–Kier alpha value is -0.320. The van der Waals surface area contributed by atoms with Crippen LogP contribution >= 0.6 is 12.4 Å². The molecule has 0 radical (unpaired) electrons. The average molecular weight is 319 g/mol. The zero-order valence-corrected chi connectivity index (χ0v) is 14.3. The van der Waals surface area contributed by atoms with E-state index in [0.29, 0.717) is 18.6 Å². The second-order valence-corrected chi connectivity index (χ2v) is 6.93. The van der Waals surface area contributed by atoms with Crippen LogP contribution in [0.2, 0.25) is 0 Å². The third-order valence-corrected chi connectivity index (χ3v) is 4.80. The van der Waals surface area contributed by atoms with E-state index in [2.05, 4.69) is 24.5 Å². The quantitative estimate of drug-likeness (QED) is 0.819. The number of hydrogen-bond acceptors (Lipinski definition) is 3. The van der Waals surface area contributed by atoms with Gasteiger partial charge in [0.2, 0.25) is 5.91 Å². The molecular formula is C16H31ClN2O2. The first-order valence-electron chi connectivity index (χ1n) is 8.19. The van der Waals surface area contributed by atoms with Crippen molar-refractivity contribution in [3.63, 3.8) is 0 Å². The summed E-state index contributed by atoms with van der Waals surface area (Å²) < 4.78 is 5.66. The van der Waals surface area contributed by atoms with E-state index < -0.39 is 0 Å². The highest BCUT2D eigenvalue weighted by atomic mass is 35.5. The predicted octanol–water partition coefficient (Wildman–Crippen LogP) is 2.65. The number of hydrogen-bond donors (Lipinski definition) is 2. The molecule has 2 fully saturated rings. The molecule has 0 aromatic carbocycles. The molecule has 0 bridgehead atoms. The lowest BCUT2D eigenvalue weighted by molar-refractivity contribution is -0.122. The molecule has 124 valence electrons. The predicted molar refractivity (Wildman–Crippen MR) is 87.9 cm³/mol. The maximum atomic E-state index is 11.9. The van der Waals surface area contributed by atoms with Crippen molar-refractivity contribution in [1.29, 1.82) is 0 Å². The summed E-state index contributed by atoms with van der Waals surface area (Å²) in [5.74, 6) is 0.169.